The van der Waals surface area contributed by atoms with Gasteiger partial charge in [0, 0.05) is 23.7 Å². The number of hydrogen-bond donors (Lipinski definition) is 0. The van der Waals surface area contributed by atoms with Gasteiger partial charge in [0.2, 0.25) is 0 Å². The van der Waals surface area contributed by atoms with Crippen molar-refractivity contribution in [2.75, 3.05) is 13.1 Å². The first kappa shape index (κ1) is 28.5. The van der Waals surface area contributed by atoms with Crippen LogP contribution in [0.25, 0.3) is 6.08 Å². The van der Waals surface area contributed by atoms with Crippen LogP contribution in [0, 0.1) is 5.82 Å². The number of carbonyl (C=O) groups is 1. The van der Waals surface area contributed by atoms with Crippen molar-refractivity contribution in [1.29, 1.82) is 0 Å². The Hall–Kier alpha value is -4.01. The fourth-order valence-electron chi connectivity index (χ4n) is 4.82. The van der Waals surface area contributed by atoms with Crippen LogP contribution in [0.3, 0.4) is 0 Å². The van der Waals surface area contributed by atoms with E-state index >= 15 is 0 Å². The van der Waals surface area contributed by atoms with Gasteiger partial charge in [-0.3, -0.25) is 14.2 Å². The summed E-state index contributed by atoms with van der Waals surface area (Å²) in [5, 5.41) is 0.569. The van der Waals surface area contributed by atoms with E-state index in [1.807, 2.05) is 45.0 Å². The third kappa shape index (κ3) is 5.89. The molecule has 41 heavy (non-hydrogen) atoms. The summed E-state index contributed by atoms with van der Waals surface area (Å²) in [6, 6.07) is 20.3. The summed E-state index contributed by atoms with van der Waals surface area (Å²) >= 11 is 7.44. The average molecular weight is 590 g/mol. The highest BCUT2D eigenvalue weighted by Gasteiger charge is 2.34. The number of thiazole rings is 1. The minimum Gasteiger partial charge on any atom is -0.489 e. The highest BCUT2D eigenvalue weighted by Crippen LogP contribution is 2.31. The topological polar surface area (TPSA) is 63.9 Å². The molecule has 0 fully saturated rings. The molecule has 0 saturated heterocycles. The second kappa shape index (κ2) is 12.2. The molecule has 1 aromatic heterocycles. The Labute approximate surface area is 246 Å². The predicted octanol–water partition coefficient (Wildman–Crippen LogP) is 5.48. The first-order chi connectivity index (χ1) is 19.8. The van der Waals surface area contributed by atoms with Gasteiger partial charge in [0.15, 0.2) is 4.80 Å². The molecule has 0 saturated carbocycles. The predicted molar refractivity (Wildman–Crippen MR) is 160 cm³/mol. The van der Waals surface area contributed by atoms with E-state index in [-0.39, 0.29) is 23.9 Å². The van der Waals surface area contributed by atoms with Crippen LogP contribution < -0.4 is 19.6 Å². The van der Waals surface area contributed by atoms with Gasteiger partial charge >= 0.3 is 0 Å². The Kier molecular flexibility index (Phi) is 8.52. The Morgan fingerprint density at radius 1 is 1.07 bits per heavy atom. The van der Waals surface area contributed by atoms with Crippen molar-refractivity contribution in [3.8, 4) is 5.75 Å². The van der Waals surface area contributed by atoms with E-state index in [4.69, 9.17) is 21.3 Å². The molecule has 210 valence electrons. The van der Waals surface area contributed by atoms with E-state index in [0.717, 1.165) is 11.1 Å². The molecule has 0 N–H and O–H groups in total. The van der Waals surface area contributed by atoms with E-state index in [1.54, 1.807) is 58.0 Å². The molecular weight excluding hydrogens is 561 g/mol. The van der Waals surface area contributed by atoms with Crippen molar-refractivity contribution in [2.45, 2.75) is 33.4 Å². The van der Waals surface area contributed by atoms with Crippen LogP contribution in [0.1, 0.15) is 43.5 Å². The molecule has 0 unspecified atom stereocenters. The smallest absolute Gasteiger partial charge is 0.271 e. The van der Waals surface area contributed by atoms with E-state index in [1.165, 1.54) is 17.4 Å². The number of benzene rings is 3. The molecule has 3 aromatic carbocycles. The van der Waals surface area contributed by atoms with Crippen LogP contribution in [0.15, 0.2) is 93.9 Å². The number of likely N-dealkylation sites (N-methyl/N-ethyl adjacent to an activating group) is 1. The fraction of sp³-hybridized carbons (Fsp3) is 0.219. The van der Waals surface area contributed by atoms with Crippen molar-refractivity contribution in [2.24, 2.45) is 4.99 Å². The van der Waals surface area contributed by atoms with Crippen LogP contribution >= 0.6 is 22.9 Å². The Bertz CT molecular complexity index is 1790. The number of fused-ring (bicyclic) bond motifs is 1. The summed E-state index contributed by atoms with van der Waals surface area (Å²) in [4.78, 5) is 34.5. The summed E-state index contributed by atoms with van der Waals surface area (Å²) in [7, 11) is 0. The van der Waals surface area contributed by atoms with Crippen LogP contribution in [-0.2, 0) is 11.4 Å². The average Bonchev–Trinajstić information content (AvgIpc) is 3.27. The van der Waals surface area contributed by atoms with Gasteiger partial charge in [-0.1, -0.05) is 65.4 Å². The molecule has 0 spiro atoms. The van der Waals surface area contributed by atoms with Gasteiger partial charge in [-0.2, -0.15) is 0 Å². The normalized spacial score (nSPS) is 15.0. The molecule has 0 bridgehead atoms. The Morgan fingerprint density at radius 3 is 2.41 bits per heavy atom. The number of ether oxygens (including phenoxy) is 1. The van der Waals surface area contributed by atoms with Crippen molar-refractivity contribution in [3.63, 3.8) is 0 Å². The third-order valence-corrected chi connectivity index (χ3v) is 8.25. The van der Waals surface area contributed by atoms with Gasteiger partial charge in [0.25, 0.3) is 11.5 Å². The lowest BCUT2D eigenvalue weighted by Gasteiger charge is -2.29. The van der Waals surface area contributed by atoms with Crippen LogP contribution in [0.5, 0.6) is 5.75 Å². The number of aromatic nitrogens is 1. The third-order valence-electron chi connectivity index (χ3n) is 7.02. The highest BCUT2D eigenvalue weighted by atomic mass is 35.5. The second-order valence-electron chi connectivity index (χ2n) is 9.56. The lowest BCUT2D eigenvalue weighted by Crippen LogP contribution is -2.43. The first-order valence-corrected chi connectivity index (χ1v) is 14.5. The summed E-state index contributed by atoms with van der Waals surface area (Å²) in [5.74, 6) is 0.134. The number of amides is 1. The van der Waals surface area contributed by atoms with E-state index in [2.05, 4.69) is 0 Å². The quantitative estimate of drug-likeness (QED) is 0.274. The van der Waals surface area contributed by atoms with Crippen LogP contribution in [0.4, 0.5) is 4.39 Å². The number of rotatable bonds is 8. The monoisotopic (exact) mass is 589 g/mol. The van der Waals surface area contributed by atoms with Crippen molar-refractivity contribution >= 4 is 34.9 Å². The maximum atomic E-state index is 13.9. The van der Waals surface area contributed by atoms with Crippen molar-refractivity contribution in [1.82, 2.24) is 9.47 Å². The molecule has 2 heterocycles. The molecule has 0 aliphatic carbocycles. The minimum absolute atomic E-state index is 0.114. The molecule has 1 atom stereocenters. The lowest BCUT2D eigenvalue weighted by molar-refractivity contribution is -0.127. The van der Waals surface area contributed by atoms with Gasteiger partial charge in [-0.15, -0.1) is 0 Å². The van der Waals surface area contributed by atoms with Crippen LogP contribution in [0.2, 0.25) is 5.02 Å². The summed E-state index contributed by atoms with van der Waals surface area (Å²) in [6.45, 7) is 6.88. The summed E-state index contributed by atoms with van der Waals surface area (Å²) < 4.78 is 21.7. The SMILES string of the molecule is CCN(CC)C(=O)C1=C(C)N=c2s/c(=C/c3ccc(OCc4ccccc4F)cc3)c(=O)n2[C@@H]1c1ccc(Cl)cc1. The van der Waals surface area contributed by atoms with Crippen molar-refractivity contribution < 1.29 is 13.9 Å². The highest BCUT2D eigenvalue weighted by molar-refractivity contribution is 7.07. The Morgan fingerprint density at radius 2 is 1.76 bits per heavy atom. The van der Waals surface area contributed by atoms with Crippen LogP contribution in [-0.4, -0.2) is 28.5 Å². The Balaban J connectivity index is 1.51. The molecule has 4 aromatic rings. The second-order valence-corrected chi connectivity index (χ2v) is 11.0. The first-order valence-electron chi connectivity index (χ1n) is 13.3. The molecule has 6 nitrogen and oxygen atoms in total. The number of hydrogen-bond acceptors (Lipinski definition) is 5. The maximum Gasteiger partial charge on any atom is 0.271 e. The molecule has 1 aliphatic heterocycles. The molecule has 0 radical (unpaired) electrons. The fourth-order valence-corrected chi connectivity index (χ4v) is 6.00. The number of allylic oxidation sites excluding steroid dienone is 1. The van der Waals surface area contributed by atoms with Gasteiger partial charge in [0.05, 0.1) is 21.8 Å². The standard InChI is InChI=1S/C32H29ClFN3O3S/c1-4-36(5-2)31(39)28-20(3)35-32-37(29(28)22-12-14-24(33)15-13-22)30(38)27(41-32)18-21-10-16-25(17-11-21)40-19-23-8-6-7-9-26(23)34/h6-18,29H,4-5,19H2,1-3H3/b27-18+/t29-/m1/s1. The largest absolute Gasteiger partial charge is 0.489 e. The van der Waals surface area contributed by atoms with Gasteiger partial charge in [0.1, 0.15) is 18.2 Å². The molecular formula is C32H29ClFN3O3S. The molecule has 9 heteroatoms. The zero-order valence-electron chi connectivity index (χ0n) is 22.9. The molecule has 1 aliphatic rings. The van der Waals surface area contributed by atoms with Gasteiger partial charge in [-0.05, 0) is 68.3 Å². The van der Waals surface area contributed by atoms with E-state index < -0.39 is 6.04 Å². The molecule has 1 amide bonds. The number of nitrogens with zero attached hydrogens (tertiary/aromatic N) is 3. The zero-order chi connectivity index (χ0) is 29.1. The van der Waals surface area contributed by atoms with E-state index in [9.17, 15) is 14.0 Å². The lowest BCUT2D eigenvalue weighted by atomic mass is 9.94. The maximum absolute atomic E-state index is 13.9. The number of halogens is 2. The molecule has 5 rings (SSSR count). The van der Waals surface area contributed by atoms with E-state index in [0.29, 0.717) is 50.0 Å². The van der Waals surface area contributed by atoms with Gasteiger partial charge in [-0.25, -0.2) is 9.38 Å². The summed E-state index contributed by atoms with van der Waals surface area (Å²) in [6.07, 6.45) is 1.80. The van der Waals surface area contributed by atoms with Crippen molar-refractivity contribution in [3.05, 3.63) is 131 Å². The minimum atomic E-state index is -0.632. The zero-order valence-corrected chi connectivity index (χ0v) is 24.5. The number of carbonyl (C=O) groups excluding carboxylic acids is 1. The summed E-state index contributed by atoms with van der Waals surface area (Å²) in [5.41, 5.74) is 2.89. The van der Waals surface area contributed by atoms with Gasteiger partial charge < -0.3 is 9.64 Å².